The Hall–Kier alpha value is -0.870. The second kappa shape index (κ2) is 5.65. The van der Waals surface area contributed by atoms with Gasteiger partial charge in [-0.15, -0.1) is 11.3 Å². The molecule has 4 heteroatoms. The Bertz CT molecular complexity index is 383. The van der Waals surface area contributed by atoms with Gasteiger partial charge < -0.3 is 11.1 Å². The summed E-state index contributed by atoms with van der Waals surface area (Å²) in [6.07, 6.45) is 0. The molecule has 0 unspecified atom stereocenters. The molecule has 0 bridgehead atoms. The van der Waals surface area contributed by atoms with E-state index in [0.717, 1.165) is 18.0 Å². The summed E-state index contributed by atoms with van der Waals surface area (Å²) in [5, 5.41) is 5.25. The van der Waals surface area contributed by atoms with E-state index in [0.29, 0.717) is 11.5 Å². The summed E-state index contributed by atoms with van der Waals surface area (Å²) in [6, 6.07) is 1.86. The van der Waals surface area contributed by atoms with Crippen molar-refractivity contribution in [1.82, 2.24) is 5.32 Å². The maximum absolute atomic E-state index is 10.9. The van der Waals surface area contributed by atoms with Crippen LogP contribution in [0, 0.1) is 11.3 Å². The molecule has 1 aromatic rings. The summed E-state index contributed by atoms with van der Waals surface area (Å²) >= 11 is 1.57. The number of nitrogens with two attached hydrogens (primary N) is 1. The van der Waals surface area contributed by atoms with Crippen molar-refractivity contribution in [2.75, 3.05) is 6.54 Å². The summed E-state index contributed by atoms with van der Waals surface area (Å²) in [6.45, 7) is 10.8. The van der Waals surface area contributed by atoms with Gasteiger partial charge in [-0.1, -0.05) is 27.7 Å². The van der Waals surface area contributed by atoms with Gasteiger partial charge in [-0.05, 0) is 17.4 Å². The lowest BCUT2D eigenvalue weighted by atomic mass is 9.81. The Kier molecular flexibility index (Phi) is 4.71. The fraction of sp³-hybridized carbons (Fsp3) is 0.615. The van der Waals surface area contributed by atoms with Crippen molar-refractivity contribution in [1.29, 1.82) is 0 Å². The smallest absolute Gasteiger partial charge is 0.249 e. The average Bonchev–Trinajstić information content (AvgIpc) is 2.66. The first-order chi connectivity index (χ1) is 7.83. The molecular formula is C13H22N2OS. The first kappa shape index (κ1) is 14.2. The third-order valence-electron chi connectivity index (χ3n) is 3.38. The summed E-state index contributed by atoms with van der Waals surface area (Å²) in [5.41, 5.74) is 6.10. The monoisotopic (exact) mass is 254 g/mol. The molecule has 3 N–H and O–H groups in total. The molecule has 1 heterocycles. The van der Waals surface area contributed by atoms with Crippen LogP contribution in [0.25, 0.3) is 0 Å². The zero-order chi connectivity index (χ0) is 13.1. The third kappa shape index (κ3) is 4.13. The van der Waals surface area contributed by atoms with E-state index >= 15 is 0 Å². The molecule has 1 amide bonds. The van der Waals surface area contributed by atoms with Gasteiger partial charge in [0, 0.05) is 23.3 Å². The third-order valence-corrected chi connectivity index (χ3v) is 4.32. The summed E-state index contributed by atoms with van der Waals surface area (Å²) < 4.78 is 0. The predicted octanol–water partition coefficient (Wildman–Crippen LogP) is 2.62. The van der Waals surface area contributed by atoms with E-state index in [-0.39, 0.29) is 11.3 Å². The van der Waals surface area contributed by atoms with Crippen LogP contribution in [0.1, 0.15) is 42.9 Å². The second-order valence-corrected chi connectivity index (χ2v) is 6.41. The number of carbonyl (C=O) groups excluding carboxylic acids is 1. The number of thiophene rings is 1. The van der Waals surface area contributed by atoms with E-state index in [1.54, 1.807) is 11.3 Å². The van der Waals surface area contributed by atoms with Gasteiger partial charge in [-0.2, -0.15) is 0 Å². The molecule has 17 heavy (non-hydrogen) atoms. The van der Waals surface area contributed by atoms with Crippen LogP contribution in [-0.4, -0.2) is 12.5 Å². The van der Waals surface area contributed by atoms with Crippen LogP contribution < -0.4 is 11.1 Å². The van der Waals surface area contributed by atoms with E-state index in [1.807, 2.05) is 11.4 Å². The summed E-state index contributed by atoms with van der Waals surface area (Å²) in [4.78, 5) is 12.1. The summed E-state index contributed by atoms with van der Waals surface area (Å²) in [5.74, 6) is 0.287. The first-order valence-corrected chi connectivity index (χ1v) is 6.79. The van der Waals surface area contributed by atoms with E-state index in [4.69, 9.17) is 5.73 Å². The molecule has 0 aliphatic rings. The Balaban J connectivity index is 2.43. The van der Waals surface area contributed by atoms with Crippen molar-refractivity contribution in [3.8, 4) is 0 Å². The van der Waals surface area contributed by atoms with E-state index in [2.05, 4.69) is 33.0 Å². The Labute approximate surface area is 107 Å². The minimum Gasteiger partial charge on any atom is -0.366 e. The molecule has 0 atom stereocenters. The van der Waals surface area contributed by atoms with Gasteiger partial charge in [0.1, 0.15) is 0 Å². The molecule has 0 aliphatic heterocycles. The van der Waals surface area contributed by atoms with Crippen LogP contribution in [0.15, 0.2) is 11.4 Å². The highest BCUT2D eigenvalue weighted by atomic mass is 32.1. The fourth-order valence-electron chi connectivity index (χ4n) is 1.31. The number of hydrogen-bond acceptors (Lipinski definition) is 3. The van der Waals surface area contributed by atoms with E-state index < -0.39 is 0 Å². The Morgan fingerprint density at radius 1 is 1.53 bits per heavy atom. The first-order valence-electron chi connectivity index (χ1n) is 5.91. The van der Waals surface area contributed by atoms with E-state index in [1.165, 1.54) is 0 Å². The van der Waals surface area contributed by atoms with Gasteiger partial charge in [0.15, 0.2) is 0 Å². The van der Waals surface area contributed by atoms with Gasteiger partial charge in [-0.3, -0.25) is 4.79 Å². The largest absolute Gasteiger partial charge is 0.366 e. The number of rotatable bonds is 6. The quantitative estimate of drug-likeness (QED) is 0.820. The highest BCUT2D eigenvalue weighted by Gasteiger charge is 2.21. The molecule has 1 rings (SSSR count). The zero-order valence-electron chi connectivity index (χ0n) is 11.0. The minimum atomic E-state index is -0.352. The maximum atomic E-state index is 10.9. The second-order valence-electron chi connectivity index (χ2n) is 5.41. The number of nitrogens with one attached hydrogen (secondary N) is 1. The zero-order valence-corrected chi connectivity index (χ0v) is 11.9. The van der Waals surface area contributed by atoms with Crippen LogP contribution >= 0.6 is 11.3 Å². The molecule has 0 saturated carbocycles. The van der Waals surface area contributed by atoms with Gasteiger partial charge in [0.05, 0.1) is 5.56 Å². The lowest BCUT2D eigenvalue weighted by Crippen LogP contribution is -2.33. The molecule has 96 valence electrons. The molecule has 0 saturated heterocycles. The van der Waals surface area contributed by atoms with Gasteiger partial charge >= 0.3 is 0 Å². The van der Waals surface area contributed by atoms with Crippen LogP contribution in [0.4, 0.5) is 0 Å². The van der Waals surface area contributed by atoms with Crippen molar-refractivity contribution < 1.29 is 4.79 Å². The molecule has 0 aromatic carbocycles. The molecule has 0 spiro atoms. The lowest BCUT2D eigenvalue weighted by Gasteiger charge is -2.29. The number of hydrogen-bond donors (Lipinski definition) is 2. The average molecular weight is 254 g/mol. The van der Waals surface area contributed by atoms with E-state index in [9.17, 15) is 4.79 Å². The van der Waals surface area contributed by atoms with Gasteiger partial charge in [0.2, 0.25) is 5.91 Å². The highest BCUT2D eigenvalue weighted by Crippen LogP contribution is 2.25. The molecule has 1 aromatic heterocycles. The molecular weight excluding hydrogens is 232 g/mol. The maximum Gasteiger partial charge on any atom is 0.249 e. The van der Waals surface area contributed by atoms with Crippen molar-refractivity contribution in [2.45, 2.75) is 34.2 Å². The molecule has 3 nitrogen and oxygen atoms in total. The van der Waals surface area contributed by atoms with Crippen molar-refractivity contribution in [3.63, 3.8) is 0 Å². The summed E-state index contributed by atoms with van der Waals surface area (Å²) in [7, 11) is 0. The lowest BCUT2D eigenvalue weighted by molar-refractivity contribution is 0.100. The minimum absolute atomic E-state index is 0.282. The normalized spacial score (nSPS) is 12.1. The number of amides is 1. The standard InChI is InChI=1S/C13H22N2OS/c1-9(2)13(3,4)8-15-6-11-5-10(7-17-11)12(14)16/h5,7,9,15H,6,8H2,1-4H3,(H2,14,16). The topological polar surface area (TPSA) is 55.1 Å². The fourth-order valence-corrected chi connectivity index (χ4v) is 2.16. The Morgan fingerprint density at radius 2 is 2.18 bits per heavy atom. The molecule has 0 radical (unpaired) electrons. The van der Waals surface area contributed by atoms with Crippen LogP contribution in [0.2, 0.25) is 0 Å². The van der Waals surface area contributed by atoms with Crippen LogP contribution in [-0.2, 0) is 6.54 Å². The Morgan fingerprint density at radius 3 is 2.65 bits per heavy atom. The predicted molar refractivity (Wildman–Crippen MR) is 73.2 cm³/mol. The van der Waals surface area contributed by atoms with Crippen LogP contribution in [0.5, 0.6) is 0 Å². The van der Waals surface area contributed by atoms with Crippen molar-refractivity contribution in [3.05, 3.63) is 21.9 Å². The van der Waals surface area contributed by atoms with Crippen LogP contribution in [0.3, 0.4) is 0 Å². The highest BCUT2D eigenvalue weighted by molar-refractivity contribution is 7.10. The molecule has 0 aliphatic carbocycles. The van der Waals surface area contributed by atoms with Crippen molar-refractivity contribution >= 4 is 17.2 Å². The van der Waals surface area contributed by atoms with Gasteiger partial charge in [0.25, 0.3) is 0 Å². The number of primary amides is 1. The SMILES string of the molecule is CC(C)C(C)(C)CNCc1cc(C(N)=O)cs1. The van der Waals surface area contributed by atoms with Gasteiger partial charge in [-0.25, -0.2) is 0 Å². The number of carbonyl (C=O) groups is 1. The van der Waals surface area contributed by atoms with Crippen molar-refractivity contribution in [2.24, 2.45) is 17.1 Å². The molecule has 0 fully saturated rings.